The Morgan fingerprint density at radius 3 is 2.62 bits per heavy atom. The molecule has 0 amide bonds. The lowest BCUT2D eigenvalue weighted by atomic mass is 10.0. The molecule has 204 valence electrons. The van der Waals surface area contributed by atoms with Crippen LogP contribution in [0.25, 0.3) is 11.1 Å². The maximum Gasteiger partial charge on any atom is 0.229 e. The van der Waals surface area contributed by atoms with E-state index >= 15 is 0 Å². The van der Waals surface area contributed by atoms with E-state index in [0.717, 1.165) is 35.5 Å². The molecular formula is C27H32BrN8O2P. The maximum absolute atomic E-state index is 12.8. The molecule has 3 aromatic heterocycles. The lowest BCUT2D eigenvalue weighted by Crippen LogP contribution is -2.32. The first-order valence-corrected chi connectivity index (χ1v) is 16.0. The lowest BCUT2D eigenvalue weighted by molar-refractivity contribution is 0.416. The number of pyridine rings is 1. The number of fused-ring (bicyclic) bond motifs is 3. The van der Waals surface area contributed by atoms with Gasteiger partial charge in [-0.25, -0.2) is 4.98 Å². The van der Waals surface area contributed by atoms with Crippen molar-refractivity contribution in [3.63, 3.8) is 0 Å². The van der Waals surface area contributed by atoms with Crippen LogP contribution >= 0.6 is 23.1 Å². The van der Waals surface area contributed by atoms with Crippen molar-refractivity contribution < 1.29 is 9.30 Å². The molecule has 4 heterocycles. The van der Waals surface area contributed by atoms with Crippen molar-refractivity contribution in [3.05, 3.63) is 53.0 Å². The summed E-state index contributed by atoms with van der Waals surface area (Å²) in [6.45, 7) is 8.67. The number of hydrogen-bond acceptors (Lipinski definition) is 9. The van der Waals surface area contributed by atoms with E-state index in [-0.39, 0.29) is 0 Å². The first-order valence-electron chi connectivity index (χ1n) is 12.6. The molecule has 0 saturated carbocycles. The molecule has 1 aromatic carbocycles. The van der Waals surface area contributed by atoms with Gasteiger partial charge in [0.2, 0.25) is 5.95 Å². The molecule has 5 rings (SSSR count). The number of benzene rings is 1. The van der Waals surface area contributed by atoms with Gasteiger partial charge in [-0.2, -0.15) is 10.1 Å². The first-order chi connectivity index (χ1) is 18.6. The minimum absolute atomic E-state index is 0.317. The number of aromatic nitrogens is 5. The van der Waals surface area contributed by atoms with Gasteiger partial charge < -0.3 is 24.8 Å². The van der Waals surface area contributed by atoms with Gasteiger partial charge in [-0.05, 0) is 61.3 Å². The van der Waals surface area contributed by atoms with Gasteiger partial charge in [0, 0.05) is 67.0 Å². The van der Waals surface area contributed by atoms with Gasteiger partial charge in [0.1, 0.15) is 24.1 Å². The summed E-state index contributed by atoms with van der Waals surface area (Å²) in [5.74, 6) is 1.57. The van der Waals surface area contributed by atoms with E-state index in [1.807, 2.05) is 24.0 Å². The number of hydrogen-bond donors (Lipinski definition) is 2. The Morgan fingerprint density at radius 2 is 1.90 bits per heavy atom. The highest BCUT2D eigenvalue weighted by molar-refractivity contribution is 9.10. The van der Waals surface area contributed by atoms with Crippen molar-refractivity contribution in [1.29, 1.82) is 0 Å². The van der Waals surface area contributed by atoms with Crippen LogP contribution in [-0.2, 0) is 18.0 Å². The van der Waals surface area contributed by atoms with Gasteiger partial charge >= 0.3 is 0 Å². The molecule has 10 nitrogen and oxygen atoms in total. The van der Waals surface area contributed by atoms with Gasteiger partial charge in [0.25, 0.3) is 0 Å². The maximum atomic E-state index is 12.8. The Hall–Kier alpha value is -3.43. The van der Waals surface area contributed by atoms with Crippen LogP contribution in [0.15, 0.2) is 47.3 Å². The summed E-state index contributed by atoms with van der Waals surface area (Å²) < 4.78 is 21.2. The van der Waals surface area contributed by atoms with Gasteiger partial charge in [0.05, 0.1) is 29.2 Å². The first kappa shape index (κ1) is 27.1. The van der Waals surface area contributed by atoms with Crippen molar-refractivity contribution in [3.8, 4) is 16.9 Å². The van der Waals surface area contributed by atoms with E-state index in [9.17, 15) is 4.57 Å². The molecule has 0 spiro atoms. The summed E-state index contributed by atoms with van der Waals surface area (Å²) in [6, 6.07) is 8.10. The number of methoxy groups -OCH3 is 1. The normalized spacial score (nSPS) is 13.1. The average molecular weight is 611 g/mol. The summed E-state index contributed by atoms with van der Waals surface area (Å²) in [6.07, 6.45) is 6.13. The zero-order valence-electron chi connectivity index (χ0n) is 22.9. The largest absolute Gasteiger partial charge is 0.494 e. The highest BCUT2D eigenvalue weighted by Crippen LogP contribution is 2.44. The van der Waals surface area contributed by atoms with E-state index in [0.29, 0.717) is 39.2 Å². The number of nitrogens with zero attached hydrogens (tertiary/aromatic N) is 6. The van der Waals surface area contributed by atoms with Crippen molar-refractivity contribution in [1.82, 2.24) is 24.7 Å². The van der Waals surface area contributed by atoms with Crippen LogP contribution in [0.2, 0.25) is 0 Å². The van der Waals surface area contributed by atoms with Crippen molar-refractivity contribution in [2.24, 2.45) is 7.05 Å². The zero-order valence-corrected chi connectivity index (χ0v) is 25.3. The van der Waals surface area contributed by atoms with E-state index < -0.39 is 7.14 Å². The SMILES string of the molecule is COc1cc2c(cc1Nc1ncc(Br)c(Nc3cccnc3P(C)(C)=O)n1)-c1cnn(C)c1CCN2C(C)C. The second kappa shape index (κ2) is 10.6. The summed E-state index contributed by atoms with van der Waals surface area (Å²) in [5, 5.41) is 11.2. The van der Waals surface area contributed by atoms with Gasteiger partial charge in [-0.3, -0.25) is 9.67 Å². The standard InChI is InChI=1S/C27H32BrN8O2P/c1-16(2)36-11-9-22-18(14-31-35(22)3)17-12-21(24(38-4)13-23(17)36)33-27-30-15-19(28)25(34-27)32-20-8-7-10-29-26(20)39(5,6)37/h7-8,10,12-16H,9,11H2,1-6H3,(H2,30,32,33,34). The van der Waals surface area contributed by atoms with Crippen LogP contribution in [0.5, 0.6) is 5.75 Å². The summed E-state index contributed by atoms with van der Waals surface area (Å²) in [5.41, 5.74) is 6.36. The Kier molecular flexibility index (Phi) is 7.39. The van der Waals surface area contributed by atoms with Crippen molar-refractivity contribution in [2.45, 2.75) is 26.3 Å². The fourth-order valence-corrected chi connectivity index (χ4v) is 6.19. The van der Waals surface area contributed by atoms with Crippen LogP contribution in [0.1, 0.15) is 19.5 Å². The van der Waals surface area contributed by atoms with Gasteiger partial charge in [-0.1, -0.05) is 0 Å². The Morgan fingerprint density at radius 1 is 1.10 bits per heavy atom. The molecule has 4 aromatic rings. The average Bonchev–Trinajstić information content (AvgIpc) is 3.17. The third-order valence-electron chi connectivity index (χ3n) is 6.73. The Balaban J connectivity index is 1.55. The smallest absolute Gasteiger partial charge is 0.229 e. The topological polar surface area (TPSA) is 110 Å². The number of aryl methyl sites for hydroxylation is 1. The van der Waals surface area contributed by atoms with E-state index in [2.05, 4.69) is 72.5 Å². The number of ether oxygens (including phenoxy) is 1. The predicted octanol–water partition coefficient (Wildman–Crippen LogP) is 5.55. The molecule has 0 fully saturated rings. The molecule has 12 heteroatoms. The van der Waals surface area contributed by atoms with E-state index in [1.54, 1.807) is 38.9 Å². The lowest BCUT2D eigenvalue weighted by Gasteiger charge is -2.30. The summed E-state index contributed by atoms with van der Waals surface area (Å²) in [4.78, 5) is 15.9. The molecule has 39 heavy (non-hydrogen) atoms. The van der Waals surface area contributed by atoms with E-state index in [4.69, 9.17) is 9.72 Å². The fourth-order valence-electron chi connectivity index (χ4n) is 4.84. The number of anilines is 5. The number of rotatable bonds is 7. The Bertz CT molecular complexity index is 1580. The molecule has 1 aliphatic heterocycles. The fraction of sp³-hybridized carbons (Fsp3) is 0.333. The predicted molar refractivity (Wildman–Crippen MR) is 161 cm³/mol. The highest BCUT2D eigenvalue weighted by Gasteiger charge is 2.26. The van der Waals surface area contributed by atoms with Crippen LogP contribution in [0.3, 0.4) is 0 Å². The van der Waals surface area contributed by atoms with Crippen LogP contribution in [-0.4, -0.2) is 57.8 Å². The number of halogens is 1. The second-order valence-electron chi connectivity index (χ2n) is 10.1. The Labute approximate surface area is 236 Å². The molecule has 0 bridgehead atoms. The molecular weight excluding hydrogens is 579 g/mol. The highest BCUT2D eigenvalue weighted by atomic mass is 79.9. The molecule has 0 saturated heterocycles. The summed E-state index contributed by atoms with van der Waals surface area (Å²) in [7, 11) is 1.03. The van der Waals surface area contributed by atoms with Crippen LogP contribution in [0.4, 0.5) is 28.8 Å². The number of nitrogens with one attached hydrogen (secondary N) is 2. The molecule has 1 aliphatic rings. The third-order valence-corrected chi connectivity index (χ3v) is 8.69. The third kappa shape index (κ3) is 5.38. The van der Waals surface area contributed by atoms with Gasteiger partial charge in [0.15, 0.2) is 0 Å². The van der Waals surface area contributed by atoms with E-state index in [1.165, 1.54) is 5.69 Å². The molecule has 0 atom stereocenters. The monoisotopic (exact) mass is 610 g/mol. The van der Waals surface area contributed by atoms with Crippen LogP contribution < -0.4 is 25.7 Å². The minimum Gasteiger partial charge on any atom is -0.494 e. The van der Waals surface area contributed by atoms with Crippen molar-refractivity contribution in [2.75, 3.05) is 42.5 Å². The van der Waals surface area contributed by atoms with Crippen molar-refractivity contribution >= 4 is 57.3 Å². The molecule has 0 radical (unpaired) electrons. The zero-order chi connectivity index (χ0) is 27.9. The quantitative estimate of drug-likeness (QED) is 0.260. The molecule has 0 unspecified atom stereocenters. The second-order valence-corrected chi connectivity index (χ2v) is 14.1. The van der Waals surface area contributed by atoms with Crippen LogP contribution in [0, 0.1) is 0 Å². The molecule has 0 aliphatic carbocycles. The molecule has 2 N–H and O–H groups in total. The summed E-state index contributed by atoms with van der Waals surface area (Å²) >= 11 is 3.53. The minimum atomic E-state index is -2.61. The van der Waals surface area contributed by atoms with Gasteiger partial charge in [-0.15, -0.1) is 0 Å².